The minimum atomic E-state index is -0.0303. The lowest BCUT2D eigenvalue weighted by molar-refractivity contribution is 0.0423. The Bertz CT molecular complexity index is 244. The monoisotopic (exact) mass is 239 g/mol. The average molecular weight is 239 g/mol. The molecular formula is C13H25N3O. The molecule has 0 spiro atoms. The zero-order chi connectivity index (χ0) is 12.7. The van der Waals surface area contributed by atoms with Crippen LogP contribution in [0.1, 0.15) is 33.1 Å². The SMILES string of the molecule is CC(C)NC(C#N)CCN(C)C1CCOCC1. The molecule has 0 bridgehead atoms. The summed E-state index contributed by atoms with van der Waals surface area (Å²) in [5, 5.41) is 12.3. The maximum atomic E-state index is 9.05. The first-order chi connectivity index (χ1) is 8.13. The van der Waals surface area contributed by atoms with Crippen LogP contribution in [0.5, 0.6) is 0 Å². The summed E-state index contributed by atoms with van der Waals surface area (Å²) in [4.78, 5) is 2.37. The van der Waals surface area contributed by atoms with E-state index in [0.717, 1.165) is 39.0 Å². The van der Waals surface area contributed by atoms with Crippen LogP contribution < -0.4 is 5.32 Å². The molecule has 1 aliphatic rings. The molecule has 4 heteroatoms. The standard InChI is InChI=1S/C13H25N3O/c1-11(2)15-12(10-14)4-7-16(3)13-5-8-17-9-6-13/h11-13,15H,4-9H2,1-3H3. The van der Waals surface area contributed by atoms with Crippen LogP contribution in [-0.2, 0) is 4.74 Å². The Hall–Kier alpha value is -0.630. The number of hydrogen-bond donors (Lipinski definition) is 1. The largest absolute Gasteiger partial charge is 0.381 e. The number of nitriles is 1. The van der Waals surface area contributed by atoms with Crippen LogP contribution in [0.2, 0.25) is 0 Å². The van der Waals surface area contributed by atoms with Crippen molar-refractivity contribution in [2.75, 3.05) is 26.8 Å². The Morgan fingerprint density at radius 1 is 1.41 bits per heavy atom. The number of rotatable bonds is 6. The van der Waals surface area contributed by atoms with Crippen LogP contribution in [0.15, 0.2) is 0 Å². The van der Waals surface area contributed by atoms with Gasteiger partial charge in [0.25, 0.3) is 0 Å². The Morgan fingerprint density at radius 2 is 2.06 bits per heavy atom. The first kappa shape index (κ1) is 14.4. The van der Waals surface area contributed by atoms with E-state index in [9.17, 15) is 0 Å². The van der Waals surface area contributed by atoms with Crippen molar-refractivity contribution in [1.29, 1.82) is 5.26 Å². The molecule has 1 N–H and O–H groups in total. The lowest BCUT2D eigenvalue weighted by Crippen LogP contribution is -2.41. The predicted molar refractivity (Wildman–Crippen MR) is 68.8 cm³/mol. The van der Waals surface area contributed by atoms with Gasteiger partial charge in [0, 0.05) is 31.8 Å². The summed E-state index contributed by atoms with van der Waals surface area (Å²) in [5.41, 5.74) is 0. The molecule has 1 heterocycles. The second-order valence-corrected chi connectivity index (χ2v) is 5.12. The summed E-state index contributed by atoms with van der Waals surface area (Å²) < 4.78 is 5.36. The quantitative estimate of drug-likeness (QED) is 0.760. The van der Waals surface area contributed by atoms with Gasteiger partial charge in [-0.05, 0) is 40.2 Å². The van der Waals surface area contributed by atoms with E-state index in [1.54, 1.807) is 0 Å². The maximum absolute atomic E-state index is 9.05. The van der Waals surface area contributed by atoms with Crippen molar-refractivity contribution >= 4 is 0 Å². The second kappa shape index (κ2) is 7.65. The fourth-order valence-corrected chi connectivity index (χ4v) is 2.23. The summed E-state index contributed by atoms with van der Waals surface area (Å²) in [5.74, 6) is 0. The van der Waals surface area contributed by atoms with Crippen LogP contribution in [0.4, 0.5) is 0 Å². The predicted octanol–water partition coefficient (Wildman–Crippen LogP) is 1.38. The number of ether oxygens (including phenoxy) is 1. The molecule has 1 aliphatic heterocycles. The number of hydrogen-bond acceptors (Lipinski definition) is 4. The van der Waals surface area contributed by atoms with Crippen molar-refractivity contribution in [1.82, 2.24) is 10.2 Å². The van der Waals surface area contributed by atoms with Gasteiger partial charge < -0.3 is 9.64 Å². The van der Waals surface area contributed by atoms with Crippen molar-refractivity contribution in [2.45, 2.75) is 51.2 Å². The molecule has 1 fully saturated rings. The van der Waals surface area contributed by atoms with Crippen LogP contribution in [-0.4, -0.2) is 49.8 Å². The van der Waals surface area contributed by atoms with Gasteiger partial charge in [0.05, 0.1) is 12.1 Å². The Labute approximate surface area is 105 Å². The Balaban J connectivity index is 2.25. The van der Waals surface area contributed by atoms with E-state index >= 15 is 0 Å². The lowest BCUT2D eigenvalue weighted by Gasteiger charge is -2.31. The minimum Gasteiger partial charge on any atom is -0.381 e. The molecule has 0 aromatic carbocycles. The summed E-state index contributed by atoms with van der Waals surface area (Å²) in [7, 11) is 2.15. The summed E-state index contributed by atoms with van der Waals surface area (Å²) in [6.07, 6.45) is 3.12. The molecule has 0 radical (unpaired) electrons. The first-order valence-electron chi connectivity index (χ1n) is 6.57. The van der Waals surface area contributed by atoms with Gasteiger partial charge in [0.15, 0.2) is 0 Å². The van der Waals surface area contributed by atoms with Gasteiger partial charge in [-0.15, -0.1) is 0 Å². The smallest absolute Gasteiger partial charge is 0.0967 e. The topological polar surface area (TPSA) is 48.3 Å². The minimum absolute atomic E-state index is 0.0303. The third-order valence-electron chi connectivity index (χ3n) is 3.28. The van der Waals surface area contributed by atoms with Gasteiger partial charge in [-0.25, -0.2) is 0 Å². The van der Waals surface area contributed by atoms with Crippen LogP contribution >= 0.6 is 0 Å². The molecule has 1 unspecified atom stereocenters. The van der Waals surface area contributed by atoms with Crippen molar-refractivity contribution in [3.8, 4) is 6.07 Å². The van der Waals surface area contributed by atoms with Crippen molar-refractivity contribution < 1.29 is 4.74 Å². The highest BCUT2D eigenvalue weighted by Gasteiger charge is 2.19. The maximum Gasteiger partial charge on any atom is 0.0967 e. The summed E-state index contributed by atoms with van der Waals surface area (Å²) >= 11 is 0. The molecule has 0 aromatic rings. The van der Waals surface area contributed by atoms with Crippen molar-refractivity contribution in [2.24, 2.45) is 0 Å². The third kappa shape index (κ3) is 5.49. The average Bonchev–Trinajstić information content (AvgIpc) is 2.34. The highest BCUT2D eigenvalue weighted by atomic mass is 16.5. The summed E-state index contributed by atoms with van der Waals surface area (Å²) in [6, 6.07) is 3.29. The van der Waals surface area contributed by atoms with E-state index in [0.29, 0.717) is 12.1 Å². The zero-order valence-electron chi connectivity index (χ0n) is 11.3. The van der Waals surface area contributed by atoms with E-state index in [4.69, 9.17) is 10.00 Å². The van der Waals surface area contributed by atoms with Crippen LogP contribution in [0, 0.1) is 11.3 Å². The van der Waals surface area contributed by atoms with Gasteiger partial charge in [0.2, 0.25) is 0 Å². The fourth-order valence-electron chi connectivity index (χ4n) is 2.23. The van der Waals surface area contributed by atoms with Gasteiger partial charge in [0.1, 0.15) is 0 Å². The van der Waals surface area contributed by atoms with E-state index in [1.807, 2.05) is 0 Å². The first-order valence-corrected chi connectivity index (χ1v) is 6.57. The van der Waals surface area contributed by atoms with Crippen molar-refractivity contribution in [3.63, 3.8) is 0 Å². The molecule has 17 heavy (non-hydrogen) atoms. The molecule has 98 valence electrons. The van der Waals surface area contributed by atoms with Crippen LogP contribution in [0.25, 0.3) is 0 Å². The molecule has 1 rings (SSSR count). The molecule has 0 aromatic heterocycles. The lowest BCUT2D eigenvalue weighted by atomic mass is 10.1. The zero-order valence-corrected chi connectivity index (χ0v) is 11.3. The summed E-state index contributed by atoms with van der Waals surface area (Å²) in [6.45, 7) is 6.88. The number of nitrogens with one attached hydrogen (secondary N) is 1. The van der Waals surface area contributed by atoms with E-state index in [1.165, 1.54) is 0 Å². The van der Waals surface area contributed by atoms with Crippen molar-refractivity contribution in [3.05, 3.63) is 0 Å². The molecule has 0 aliphatic carbocycles. The van der Waals surface area contributed by atoms with E-state index < -0.39 is 0 Å². The molecule has 4 nitrogen and oxygen atoms in total. The Kier molecular flexibility index (Phi) is 6.49. The Morgan fingerprint density at radius 3 is 2.59 bits per heavy atom. The molecule has 0 amide bonds. The van der Waals surface area contributed by atoms with Gasteiger partial charge >= 0.3 is 0 Å². The van der Waals surface area contributed by atoms with Crippen LogP contribution in [0.3, 0.4) is 0 Å². The second-order valence-electron chi connectivity index (χ2n) is 5.12. The van der Waals surface area contributed by atoms with Gasteiger partial charge in [-0.2, -0.15) is 5.26 Å². The highest BCUT2D eigenvalue weighted by molar-refractivity contribution is 4.91. The molecule has 0 saturated carbocycles. The molecular weight excluding hydrogens is 214 g/mol. The molecule has 1 saturated heterocycles. The third-order valence-corrected chi connectivity index (χ3v) is 3.28. The molecule has 1 atom stereocenters. The highest BCUT2D eigenvalue weighted by Crippen LogP contribution is 2.13. The van der Waals surface area contributed by atoms with E-state index in [-0.39, 0.29) is 6.04 Å². The fraction of sp³-hybridized carbons (Fsp3) is 0.923. The normalized spacial score (nSPS) is 19.5. The number of nitrogens with zero attached hydrogens (tertiary/aromatic N) is 2. The van der Waals surface area contributed by atoms with Gasteiger partial charge in [-0.1, -0.05) is 0 Å². The van der Waals surface area contributed by atoms with E-state index in [2.05, 4.69) is 37.2 Å². The van der Waals surface area contributed by atoms with Gasteiger partial charge in [-0.3, -0.25) is 5.32 Å².